The monoisotopic (exact) mass is 257 g/mol. The maximum absolute atomic E-state index is 12.2. The number of hydrogen-bond acceptors (Lipinski definition) is 2. The first-order valence-corrected chi connectivity index (χ1v) is 6.80. The number of hydrogen-bond donors (Lipinski definition) is 0. The molecule has 2 bridgehead atoms. The van der Waals surface area contributed by atoms with Gasteiger partial charge in [0.15, 0.2) is 0 Å². The molecule has 19 heavy (non-hydrogen) atoms. The van der Waals surface area contributed by atoms with E-state index in [4.69, 9.17) is 4.74 Å². The molecule has 1 aromatic heterocycles. The zero-order valence-corrected chi connectivity index (χ0v) is 11.7. The highest BCUT2D eigenvalue weighted by Crippen LogP contribution is 2.28. The SMILES string of the molecule is CC(C)(C)OC(=O)n1cc2c3cc(ccc31)CCC2. The summed E-state index contributed by atoms with van der Waals surface area (Å²) in [5.41, 5.74) is 3.09. The Kier molecular flexibility index (Phi) is 2.66. The zero-order valence-electron chi connectivity index (χ0n) is 11.7. The molecule has 0 spiro atoms. The van der Waals surface area contributed by atoms with Gasteiger partial charge in [0.25, 0.3) is 0 Å². The molecule has 3 rings (SSSR count). The average Bonchev–Trinajstić information content (AvgIpc) is 2.59. The van der Waals surface area contributed by atoms with E-state index in [1.165, 1.54) is 16.5 Å². The van der Waals surface area contributed by atoms with Crippen LogP contribution in [0.25, 0.3) is 10.9 Å². The Morgan fingerprint density at radius 1 is 1.26 bits per heavy atom. The van der Waals surface area contributed by atoms with Gasteiger partial charge in [-0.3, -0.25) is 4.57 Å². The van der Waals surface area contributed by atoms with E-state index in [2.05, 4.69) is 12.1 Å². The molecule has 0 N–H and O–H groups in total. The number of aromatic nitrogens is 1. The van der Waals surface area contributed by atoms with Gasteiger partial charge in [0.05, 0.1) is 5.52 Å². The van der Waals surface area contributed by atoms with Crippen LogP contribution in [0.2, 0.25) is 0 Å². The summed E-state index contributed by atoms with van der Waals surface area (Å²) in [5.74, 6) is 0. The van der Waals surface area contributed by atoms with Crippen molar-refractivity contribution in [2.75, 3.05) is 0 Å². The van der Waals surface area contributed by atoms with E-state index >= 15 is 0 Å². The highest BCUT2D eigenvalue weighted by Gasteiger charge is 2.21. The maximum Gasteiger partial charge on any atom is 0.419 e. The number of ether oxygens (including phenoxy) is 1. The average molecular weight is 257 g/mol. The third-order valence-corrected chi connectivity index (χ3v) is 3.45. The van der Waals surface area contributed by atoms with Gasteiger partial charge in [0.2, 0.25) is 0 Å². The first kappa shape index (κ1) is 12.3. The molecule has 100 valence electrons. The minimum atomic E-state index is -0.467. The highest BCUT2D eigenvalue weighted by molar-refractivity contribution is 5.92. The maximum atomic E-state index is 12.2. The minimum absolute atomic E-state index is 0.294. The van der Waals surface area contributed by atoms with Gasteiger partial charge in [-0.15, -0.1) is 0 Å². The van der Waals surface area contributed by atoms with E-state index in [-0.39, 0.29) is 6.09 Å². The van der Waals surface area contributed by atoms with Crippen LogP contribution in [0, 0.1) is 0 Å². The van der Waals surface area contributed by atoms with Crippen molar-refractivity contribution >= 4 is 17.0 Å². The van der Waals surface area contributed by atoms with Crippen LogP contribution in [0.1, 0.15) is 38.3 Å². The first-order valence-electron chi connectivity index (χ1n) is 6.80. The molecule has 0 saturated carbocycles. The van der Waals surface area contributed by atoms with Crippen LogP contribution in [-0.2, 0) is 17.6 Å². The number of carbonyl (C=O) groups excluding carboxylic acids is 1. The Morgan fingerprint density at radius 2 is 2.05 bits per heavy atom. The van der Waals surface area contributed by atoms with E-state index in [1.807, 2.05) is 33.0 Å². The Morgan fingerprint density at radius 3 is 2.79 bits per heavy atom. The van der Waals surface area contributed by atoms with Crippen molar-refractivity contribution in [3.05, 3.63) is 35.5 Å². The Bertz CT molecular complexity index is 647. The Balaban J connectivity index is 2.08. The molecule has 2 aromatic rings. The van der Waals surface area contributed by atoms with Gasteiger partial charge >= 0.3 is 6.09 Å². The Labute approximate surface area is 113 Å². The van der Waals surface area contributed by atoms with Crippen molar-refractivity contribution in [1.29, 1.82) is 0 Å². The van der Waals surface area contributed by atoms with E-state index in [9.17, 15) is 4.79 Å². The largest absolute Gasteiger partial charge is 0.443 e. The van der Waals surface area contributed by atoms with Gasteiger partial charge in [-0.05, 0) is 63.3 Å². The predicted molar refractivity (Wildman–Crippen MR) is 75.6 cm³/mol. The molecule has 0 amide bonds. The summed E-state index contributed by atoms with van der Waals surface area (Å²) in [7, 11) is 0. The molecular weight excluding hydrogens is 238 g/mol. The van der Waals surface area contributed by atoms with E-state index in [0.29, 0.717) is 0 Å². The summed E-state index contributed by atoms with van der Waals surface area (Å²) in [6, 6.07) is 6.35. The second-order valence-electron chi connectivity index (χ2n) is 6.21. The smallest absolute Gasteiger partial charge is 0.419 e. The lowest BCUT2D eigenvalue weighted by Gasteiger charge is -2.19. The molecule has 1 aliphatic carbocycles. The molecule has 0 unspecified atom stereocenters. The number of aryl methyl sites for hydroxylation is 2. The summed E-state index contributed by atoms with van der Waals surface area (Å²) < 4.78 is 7.11. The highest BCUT2D eigenvalue weighted by atomic mass is 16.6. The van der Waals surface area contributed by atoms with Crippen molar-refractivity contribution in [3.8, 4) is 0 Å². The van der Waals surface area contributed by atoms with Crippen molar-refractivity contribution in [3.63, 3.8) is 0 Å². The lowest BCUT2D eigenvalue weighted by molar-refractivity contribution is 0.0544. The fourth-order valence-corrected chi connectivity index (χ4v) is 2.65. The summed E-state index contributed by atoms with van der Waals surface area (Å²) in [6.45, 7) is 5.66. The second-order valence-corrected chi connectivity index (χ2v) is 6.21. The lowest BCUT2D eigenvalue weighted by Crippen LogP contribution is -2.26. The van der Waals surface area contributed by atoms with E-state index in [0.717, 1.165) is 24.8 Å². The topological polar surface area (TPSA) is 31.2 Å². The van der Waals surface area contributed by atoms with Gasteiger partial charge in [-0.2, -0.15) is 0 Å². The molecule has 1 heterocycles. The van der Waals surface area contributed by atoms with Crippen LogP contribution < -0.4 is 0 Å². The number of fused-ring (bicyclic) bond motifs is 1. The summed E-state index contributed by atoms with van der Waals surface area (Å²) in [4.78, 5) is 12.2. The van der Waals surface area contributed by atoms with Gasteiger partial charge in [0, 0.05) is 11.6 Å². The third kappa shape index (κ3) is 2.25. The molecule has 0 saturated heterocycles. The summed E-state index contributed by atoms with van der Waals surface area (Å²) >= 11 is 0. The van der Waals surface area contributed by atoms with Crippen molar-refractivity contribution in [2.24, 2.45) is 0 Å². The standard InChI is InChI=1S/C16H19NO2/c1-16(2,3)19-15(18)17-10-12-6-4-5-11-7-8-14(17)13(12)9-11/h7-10H,4-6H2,1-3H3. The molecule has 0 fully saturated rings. The molecule has 0 radical (unpaired) electrons. The van der Waals surface area contributed by atoms with Crippen molar-refractivity contribution in [2.45, 2.75) is 45.6 Å². The van der Waals surface area contributed by atoms with Crippen LogP contribution >= 0.6 is 0 Å². The van der Waals surface area contributed by atoms with Crippen molar-refractivity contribution in [1.82, 2.24) is 4.57 Å². The number of carbonyl (C=O) groups is 1. The van der Waals surface area contributed by atoms with Gasteiger partial charge in [-0.25, -0.2) is 4.79 Å². The van der Waals surface area contributed by atoms with Crippen LogP contribution in [0.3, 0.4) is 0 Å². The molecule has 0 aliphatic heterocycles. The quantitative estimate of drug-likeness (QED) is 0.716. The fourth-order valence-electron chi connectivity index (χ4n) is 2.65. The number of nitrogens with zero attached hydrogens (tertiary/aromatic N) is 1. The zero-order chi connectivity index (χ0) is 13.6. The number of benzene rings is 1. The van der Waals surface area contributed by atoms with E-state index < -0.39 is 5.60 Å². The first-order chi connectivity index (χ1) is 8.94. The lowest BCUT2D eigenvalue weighted by atomic mass is 10.1. The fraction of sp³-hybridized carbons (Fsp3) is 0.438. The van der Waals surface area contributed by atoms with Crippen molar-refractivity contribution < 1.29 is 9.53 Å². The second kappa shape index (κ2) is 4.12. The number of rotatable bonds is 0. The molecule has 3 heteroatoms. The van der Waals surface area contributed by atoms with Crippen LogP contribution in [0.5, 0.6) is 0 Å². The van der Waals surface area contributed by atoms with E-state index in [1.54, 1.807) is 4.57 Å². The van der Waals surface area contributed by atoms with Crippen LogP contribution in [-0.4, -0.2) is 16.3 Å². The van der Waals surface area contributed by atoms with Gasteiger partial charge < -0.3 is 4.74 Å². The molecular formula is C16H19NO2. The van der Waals surface area contributed by atoms with Crippen LogP contribution in [0.4, 0.5) is 4.79 Å². The third-order valence-electron chi connectivity index (χ3n) is 3.45. The van der Waals surface area contributed by atoms with Gasteiger partial charge in [0.1, 0.15) is 5.60 Å². The normalized spacial score (nSPS) is 14.7. The van der Waals surface area contributed by atoms with Crippen LogP contribution in [0.15, 0.2) is 24.4 Å². The molecule has 1 aliphatic rings. The molecule has 3 nitrogen and oxygen atoms in total. The molecule has 1 aromatic carbocycles. The minimum Gasteiger partial charge on any atom is -0.443 e. The Hall–Kier alpha value is -1.77. The summed E-state index contributed by atoms with van der Waals surface area (Å²) in [5, 5.41) is 1.20. The summed E-state index contributed by atoms with van der Waals surface area (Å²) in [6.07, 6.45) is 4.93. The molecule has 0 atom stereocenters. The van der Waals surface area contributed by atoms with Gasteiger partial charge in [-0.1, -0.05) is 6.07 Å². The predicted octanol–water partition coefficient (Wildman–Crippen LogP) is 3.91.